The number of hydrogen-bond acceptors (Lipinski definition) is 1. The van der Waals surface area contributed by atoms with E-state index < -0.39 is 17.0 Å². The maximum Gasteiger partial charge on any atom is 0.247 e. The Labute approximate surface area is 161 Å². The van der Waals surface area contributed by atoms with Gasteiger partial charge in [0.25, 0.3) is 0 Å². The molecule has 0 amide bonds. The molecular formula is C24H17F2NO. The normalized spacial score (nSPS) is 11.4. The van der Waals surface area contributed by atoms with Gasteiger partial charge in [0.1, 0.15) is 11.6 Å². The Morgan fingerprint density at radius 3 is 1.68 bits per heavy atom. The molecular weight excluding hydrogens is 356 g/mol. The fraction of sp³-hybridized carbons (Fsp3) is 0.0417. The maximum atomic E-state index is 14.3. The summed E-state index contributed by atoms with van der Waals surface area (Å²) in [5, 5.41) is 0. The van der Waals surface area contributed by atoms with Gasteiger partial charge in [-0.3, -0.25) is 4.79 Å². The molecule has 28 heavy (non-hydrogen) atoms. The lowest BCUT2D eigenvalue weighted by Crippen LogP contribution is -2.32. The summed E-state index contributed by atoms with van der Waals surface area (Å²) < 4.78 is 28.5. The molecule has 0 spiro atoms. The van der Waals surface area contributed by atoms with E-state index in [0.29, 0.717) is 16.7 Å². The monoisotopic (exact) mass is 373 g/mol. The Kier molecular flexibility index (Phi) is 4.62. The second-order valence-corrected chi connectivity index (χ2v) is 6.58. The van der Waals surface area contributed by atoms with Crippen LogP contribution in [-0.2, 0) is 5.41 Å². The van der Waals surface area contributed by atoms with E-state index in [4.69, 9.17) is 0 Å². The van der Waals surface area contributed by atoms with Crippen LogP contribution in [0.15, 0.2) is 102 Å². The molecule has 1 N–H and O–H groups in total. The molecule has 0 unspecified atom stereocenters. The first-order valence-corrected chi connectivity index (χ1v) is 8.87. The Balaban J connectivity index is 2.17. The average Bonchev–Trinajstić information content (AvgIpc) is 2.71. The van der Waals surface area contributed by atoms with Crippen molar-refractivity contribution in [2.75, 3.05) is 0 Å². The summed E-state index contributed by atoms with van der Waals surface area (Å²) in [6.07, 6.45) is 1.60. The van der Waals surface area contributed by atoms with Gasteiger partial charge in [-0.15, -0.1) is 0 Å². The number of hydrogen-bond donors (Lipinski definition) is 1. The minimum absolute atomic E-state index is 0.246. The highest BCUT2D eigenvalue weighted by Crippen LogP contribution is 2.44. The molecule has 0 radical (unpaired) electrons. The molecule has 0 aliphatic rings. The van der Waals surface area contributed by atoms with Crippen molar-refractivity contribution in [1.29, 1.82) is 0 Å². The van der Waals surface area contributed by atoms with Gasteiger partial charge in [-0.05, 0) is 46.5 Å². The molecule has 1 heterocycles. The predicted molar refractivity (Wildman–Crippen MR) is 105 cm³/mol. The van der Waals surface area contributed by atoms with E-state index in [0.717, 1.165) is 5.56 Å². The van der Waals surface area contributed by atoms with Crippen LogP contribution in [0.5, 0.6) is 0 Å². The zero-order valence-corrected chi connectivity index (χ0v) is 14.9. The lowest BCUT2D eigenvalue weighted by Gasteiger charge is -2.36. The number of benzene rings is 3. The highest BCUT2D eigenvalue weighted by molar-refractivity contribution is 5.59. The van der Waals surface area contributed by atoms with Gasteiger partial charge in [-0.2, -0.15) is 0 Å². The standard InChI is InChI=1S/C24H17F2NO/c25-21-10-4-8-18(14-21)24(17-6-2-1-3-7-17,19-9-5-11-22(26)15-19)20-12-13-23(28)27-16-20/h1-16H,(H,27,28). The highest BCUT2D eigenvalue weighted by Gasteiger charge is 2.39. The summed E-state index contributed by atoms with van der Waals surface area (Å²) in [6, 6.07) is 25.1. The second-order valence-electron chi connectivity index (χ2n) is 6.58. The van der Waals surface area contributed by atoms with E-state index in [-0.39, 0.29) is 5.56 Å². The number of aromatic nitrogens is 1. The summed E-state index contributed by atoms with van der Waals surface area (Å²) in [4.78, 5) is 14.4. The van der Waals surface area contributed by atoms with Crippen molar-refractivity contribution in [2.24, 2.45) is 0 Å². The quantitative estimate of drug-likeness (QED) is 0.500. The molecule has 0 aliphatic carbocycles. The molecule has 4 rings (SSSR count). The van der Waals surface area contributed by atoms with Gasteiger partial charge >= 0.3 is 0 Å². The summed E-state index contributed by atoms with van der Waals surface area (Å²) in [5.74, 6) is -0.780. The van der Waals surface area contributed by atoms with Gasteiger partial charge in [0.05, 0.1) is 5.41 Å². The van der Waals surface area contributed by atoms with E-state index in [2.05, 4.69) is 4.98 Å². The smallest absolute Gasteiger partial charge is 0.247 e. The Morgan fingerprint density at radius 2 is 1.18 bits per heavy atom. The summed E-state index contributed by atoms with van der Waals surface area (Å²) in [7, 11) is 0. The lowest BCUT2D eigenvalue weighted by molar-refractivity contribution is 0.611. The molecule has 0 fully saturated rings. The van der Waals surface area contributed by atoms with Crippen molar-refractivity contribution < 1.29 is 8.78 Å². The van der Waals surface area contributed by atoms with Crippen LogP contribution < -0.4 is 5.56 Å². The van der Waals surface area contributed by atoms with Gasteiger partial charge in [-0.1, -0.05) is 60.7 Å². The molecule has 0 saturated heterocycles. The Morgan fingerprint density at radius 1 is 0.607 bits per heavy atom. The number of nitrogens with one attached hydrogen (secondary N) is 1. The van der Waals surface area contributed by atoms with Gasteiger partial charge < -0.3 is 4.98 Å². The van der Waals surface area contributed by atoms with Gasteiger partial charge in [0.15, 0.2) is 0 Å². The predicted octanol–water partition coefficient (Wildman–Crippen LogP) is 5.04. The zero-order valence-electron chi connectivity index (χ0n) is 14.9. The molecule has 0 bridgehead atoms. The summed E-state index contributed by atoms with van der Waals surface area (Å²) in [6.45, 7) is 0. The number of H-pyrrole nitrogens is 1. The number of pyridine rings is 1. The van der Waals surface area contributed by atoms with Crippen molar-refractivity contribution in [1.82, 2.24) is 4.98 Å². The van der Waals surface area contributed by atoms with Crippen LogP contribution in [0.25, 0.3) is 0 Å². The molecule has 0 saturated carbocycles. The van der Waals surface area contributed by atoms with Crippen LogP contribution in [-0.4, -0.2) is 4.98 Å². The van der Waals surface area contributed by atoms with E-state index in [9.17, 15) is 13.6 Å². The molecule has 3 aromatic carbocycles. The topological polar surface area (TPSA) is 32.9 Å². The molecule has 1 aromatic heterocycles. The molecule has 0 atom stereocenters. The van der Waals surface area contributed by atoms with Crippen molar-refractivity contribution in [3.63, 3.8) is 0 Å². The van der Waals surface area contributed by atoms with Crippen molar-refractivity contribution >= 4 is 0 Å². The van der Waals surface area contributed by atoms with Crippen LogP contribution >= 0.6 is 0 Å². The zero-order chi connectivity index (χ0) is 19.6. The van der Waals surface area contributed by atoms with Gasteiger partial charge in [0, 0.05) is 12.3 Å². The van der Waals surface area contributed by atoms with E-state index >= 15 is 0 Å². The first-order chi connectivity index (χ1) is 13.6. The van der Waals surface area contributed by atoms with Crippen LogP contribution in [0.3, 0.4) is 0 Å². The summed E-state index contributed by atoms with van der Waals surface area (Å²) >= 11 is 0. The van der Waals surface area contributed by atoms with Crippen molar-refractivity contribution in [3.8, 4) is 0 Å². The third-order valence-electron chi connectivity index (χ3n) is 4.94. The van der Waals surface area contributed by atoms with E-state index in [1.54, 1.807) is 24.4 Å². The largest absolute Gasteiger partial charge is 0.329 e. The third-order valence-corrected chi connectivity index (χ3v) is 4.94. The molecule has 4 aromatic rings. The maximum absolute atomic E-state index is 14.3. The van der Waals surface area contributed by atoms with Crippen LogP contribution in [0.1, 0.15) is 22.3 Å². The van der Waals surface area contributed by atoms with Crippen molar-refractivity contribution in [2.45, 2.75) is 5.41 Å². The number of rotatable bonds is 4. The number of halogens is 2. The first-order valence-electron chi connectivity index (χ1n) is 8.87. The van der Waals surface area contributed by atoms with Crippen LogP contribution in [0.4, 0.5) is 8.78 Å². The first kappa shape index (κ1) is 17.9. The average molecular weight is 373 g/mol. The van der Waals surface area contributed by atoms with Crippen LogP contribution in [0.2, 0.25) is 0 Å². The minimum atomic E-state index is -1.00. The lowest BCUT2D eigenvalue weighted by atomic mass is 9.65. The molecule has 0 aliphatic heterocycles. The van der Waals surface area contributed by atoms with Crippen LogP contribution in [0, 0.1) is 11.6 Å². The third kappa shape index (κ3) is 3.03. The van der Waals surface area contributed by atoms with E-state index in [1.807, 2.05) is 42.5 Å². The Hall–Kier alpha value is -3.53. The summed E-state index contributed by atoms with van der Waals surface area (Å²) in [5.41, 5.74) is 1.56. The van der Waals surface area contributed by atoms with Gasteiger partial charge in [-0.25, -0.2) is 8.78 Å². The van der Waals surface area contributed by atoms with Gasteiger partial charge in [0.2, 0.25) is 5.56 Å². The number of aromatic amines is 1. The fourth-order valence-corrected chi connectivity index (χ4v) is 3.78. The molecule has 2 nitrogen and oxygen atoms in total. The Bertz CT molecular complexity index is 1100. The molecule has 138 valence electrons. The SMILES string of the molecule is O=c1ccc(C(c2ccccc2)(c2cccc(F)c2)c2cccc(F)c2)c[nH]1. The fourth-order valence-electron chi connectivity index (χ4n) is 3.78. The highest BCUT2D eigenvalue weighted by atomic mass is 19.1. The second kappa shape index (κ2) is 7.24. The van der Waals surface area contributed by atoms with Crippen molar-refractivity contribution in [3.05, 3.63) is 141 Å². The molecule has 4 heteroatoms. The minimum Gasteiger partial charge on any atom is -0.329 e. The van der Waals surface area contributed by atoms with E-state index in [1.165, 1.54) is 30.3 Å².